The normalized spacial score (nSPS) is 15.5. The minimum Gasteiger partial charge on any atom is -0.484 e. The van der Waals surface area contributed by atoms with E-state index >= 15 is 0 Å². The zero-order valence-electron chi connectivity index (χ0n) is 17.6. The standard InChI is InChI=1S/C23H22N4O5/c1-3-30-23(29)20-14(2)32-22(25)17(12-24)21(20)15-7-9-16(10-8-15)31-13-19(28)27-18-6-4-5-11-26-18/h4-11,21H,3,13,25H2,1-2H3,(H,26,27,28). The van der Waals surface area contributed by atoms with Crippen LogP contribution in [0.3, 0.4) is 0 Å². The summed E-state index contributed by atoms with van der Waals surface area (Å²) in [6.45, 7) is 3.25. The minimum absolute atomic E-state index is 0.0606. The Bertz CT molecular complexity index is 1100. The fraction of sp³-hybridized carbons (Fsp3) is 0.217. The van der Waals surface area contributed by atoms with Crippen LogP contribution in [0.15, 0.2) is 71.4 Å². The number of esters is 1. The van der Waals surface area contributed by atoms with Crippen LogP contribution in [0.25, 0.3) is 0 Å². The van der Waals surface area contributed by atoms with E-state index in [4.69, 9.17) is 19.9 Å². The predicted octanol–water partition coefficient (Wildman–Crippen LogP) is 2.74. The number of nitrogens with one attached hydrogen (secondary N) is 1. The molecule has 0 saturated heterocycles. The van der Waals surface area contributed by atoms with E-state index in [0.29, 0.717) is 17.1 Å². The maximum atomic E-state index is 12.5. The van der Waals surface area contributed by atoms with Gasteiger partial charge in [-0.05, 0) is 43.7 Å². The lowest BCUT2D eigenvalue weighted by molar-refractivity contribution is -0.139. The van der Waals surface area contributed by atoms with Crippen LogP contribution in [-0.2, 0) is 19.1 Å². The van der Waals surface area contributed by atoms with Crippen molar-refractivity contribution < 1.29 is 23.8 Å². The van der Waals surface area contributed by atoms with E-state index in [2.05, 4.69) is 10.3 Å². The van der Waals surface area contributed by atoms with Gasteiger partial charge in [0.25, 0.3) is 5.91 Å². The number of ether oxygens (including phenoxy) is 3. The monoisotopic (exact) mass is 434 g/mol. The van der Waals surface area contributed by atoms with E-state index in [9.17, 15) is 14.9 Å². The molecule has 0 spiro atoms. The zero-order valence-corrected chi connectivity index (χ0v) is 17.6. The maximum Gasteiger partial charge on any atom is 0.338 e. The maximum absolute atomic E-state index is 12.5. The summed E-state index contributed by atoms with van der Waals surface area (Å²) in [5, 5.41) is 12.2. The molecule has 1 aromatic carbocycles. The van der Waals surface area contributed by atoms with Gasteiger partial charge >= 0.3 is 5.97 Å². The van der Waals surface area contributed by atoms with Gasteiger partial charge in [-0.15, -0.1) is 0 Å². The molecule has 1 aliphatic rings. The van der Waals surface area contributed by atoms with Crippen LogP contribution in [0.5, 0.6) is 5.75 Å². The summed E-state index contributed by atoms with van der Waals surface area (Å²) in [5.74, 6) is -0.603. The largest absolute Gasteiger partial charge is 0.484 e. The summed E-state index contributed by atoms with van der Waals surface area (Å²) >= 11 is 0. The van der Waals surface area contributed by atoms with Gasteiger partial charge in [0, 0.05) is 6.20 Å². The number of rotatable bonds is 7. The summed E-state index contributed by atoms with van der Waals surface area (Å²) in [6.07, 6.45) is 1.57. The van der Waals surface area contributed by atoms with Crippen molar-refractivity contribution in [2.45, 2.75) is 19.8 Å². The highest BCUT2D eigenvalue weighted by atomic mass is 16.5. The molecule has 1 unspecified atom stereocenters. The van der Waals surface area contributed by atoms with Gasteiger partial charge in [0.2, 0.25) is 5.88 Å². The van der Waals surface area contributed by atoms with Crippen molar-refractivity contribution in [3.05, 3.63) is 77.0 Å². The lowest BCUT2D eigenvalue weighted by atomic mass is 9.83. The number of nitrogens with zero attached hydrogens (tertiary/aromatic N) is 2. The predicted molar refractivity (Wildman–Crippen MR) is 115 cm³/mol. The molecule has 164 valence electrons. The lowest BCUT2D eigenvalue weighted by Gasteiger charge is -2.26. The molecule has 1 aromatic heterocycles. The van der Waals surface area contributed by atoms with Gasteiger partial charge in [-0.25, -0.2) is 9.78 Å². The molecule has 0 radical (unpaired) electrons. The summed E-state index contributed by atoms with van der Waals surface area (Å²) < 4.78 is 16.1. The molecule has 2 aromatic rings. The quantitative estimate of drug-likeness (QED) is 0.635. The molecule has 0 fully saturated rings. The fourth-order valence-electron chi connectivity index (χ4n) is 3.21. The van der Waals surface area contributed by atoms with E-state index in [1.807, 2.05) is 6.07 Å². The molecule has 3 rings (SSSR count). The molecule has 1 aliphatic heterocycles. The summed E-state index contributed by atoms with van der Waals surface area (Å²) in [6, 6.07) is 13.9. The van der Waals surface area contributed by atoms with Crippen LogP contribution in [0.1, 0.15) is 25.3 Å². The van der Waals surface area contributed by atoms with E-state index in [1.165, 1.54) is 0 Å². The number of aromatic nitrogens is 1. The van der Waals surface area contributed by atoms with Gasteiger partial charge in [0.1, 0.15) is 29.0 Å². The third kappa shape index (κ3) is 5.05. The van der Waals surface area contributed by atoms with Crippen molar-refractivity contribution in [3.63, 3.8) is 0 Å². The van der Waals surface area contributed by atoms with E-state index in [0.717, 1.165) is 0 Å². The Morgan fingerprint density at radius 1 is 1.25 bits per heavy atom. The van der Waals surface area contributed by atoms with Crippen molar-refractivity contribution in [2.24, 2.45) is 5.73 Å². The molecule has 9 nitrogen and oxygen atoms in total. The van der Waals surface area contributed by atoms with Crippen molar-refractivity contribution in [2.75, 3.05) is 18.5 Å². The van der Waals surface area contributed by atoms with Crippen LogP contribution in [0, 0.1) is 11.3 Å². The van der Waals surface area contributed by atoms with E-state index in [1.54, 1.807) is 62.5 Å². The molecule has 1 amide bonds. The number of carbonyl (C=O) groups is 2. The smallest absolute Gasteiger partial charge is 0.338 e. The first kappa shape index (κ1) is 22.4. The van der Waals surface area contributed by atoms with Crippen molar-refractivity contribution in [1.29, 1.82) is 5.26 Å². The number of nitriles is 1. The van der Waals surface area contributed by atoms with E-state index < -0.39 is 11.9 Å². The number of benzene rings is 1. The van der Waals surface area contributed by atoms with Gasteiger partial charge in [-0.2, -0.15) is 5.26 Å². The van der Waals surface area contributed by atoms with Crippen LogP contribution >= 0.6 is 0 Å². The highest BCUT2D eigenvalue weighted by molar-refractivity contribution is 5.92. The second kappa shape index (κ2) is 10.1. The fourth-order valence-corrected chi connectivity index (χ4v) is 3.21. The Morgan fingerprint density at radius 3 is 2.62 bits per heavy atom. The lowest BCUT2D eigenvalue weighted by Crippen LogP contribution is -2.25. The van der Waals surface area contributed by atoms with E-state index in [-0.39, 0.29) is 41.9 Å². The molecular weight excluding hydrogens is 412 g/mol. The molecular formula is C23H22N4O5. The number of hydrogen-bond acceptors (Lipinski definition) is 8. The Kier molecular flexibility index (Phi) is 7.08. The first-order valence-corrected chi connectivity index (χ1v) is 9.83. The molecule has 32 heavy (non-hydrogen) atoms. The van der Waals surface area contributed by atoms with Crippen molar-refractivity contribution in [3.8, 4) is 11.8 Å². The number of carbonyl (C=O) groups excluding carboxylic acids is 2. The Morgan fingerprint density at radius 2 is 2.00 bits per heavy atom. The molecule has 1 atom stereocenters. The highest BCUT2D eigenvalue weighted by Gasteiger charge is 2.36. The van der Waals surface area contributed by atoms with Crippen LogP contribution < -0.4 is 15.8 Å². The van der Waals surface area contributed by atoms with Crippen molar-refractivity contribution in [1.82, 2.24) is 4.98 Å². The highest BCUT2D eigenvalue weighted by Crippen LogP contribution is 2.39. The second-order valence-corrected chi connectivity index (χ2v) is 6.74. The van der Waals surface area contributed by atoms with Crippen LogP contribution in [0.2, 0.25) is 0 Å². The first-order valence-electron chi connectivity index (χ1n) is 9.83. The molecule has 3 N–H and O–H groups in total. The second-order valence-electron chi connectivity index (χ2n) is 6.74. The Hall–Kier alpha value is -4.32. The molecule has 0 bridgehead atoms. The Balaban J connectivity index is 1.76. The van der Waals surface area contributed by atoms with Gasteiger partial charge in [0.15, 0.2) is 6.61 Å². The molecule has 0 aliphatic carbocycles. The number of anilines is 1. The number of pyridine rings is 1. The van der Waals surface area contributed by atoms with Gasteiger partial charge in [0.05, 0.1) is 18.1 Å². The topological polar surface area (TPSA) is 137 Å². The number of amides is 1. The number of allylic oxidation sites excluding steroid dienone is 2. The molecule has 9 heteroatoms. The molecule has 2 heterocycles. The third-order valence-corrected chi connectivity index (χ3v) is 4.62. The minimum atomic E-state index is -0.741. The van der Waals surface area contributed by atoms with Crippen LogP contribution in [-0.4, -0.2) is 30.1 Å². The summed E-state index contributed by atoms with van der Waals surface area (Å²) in [7, 11) is 0. The number of nitrogens with two attached hydrogens (primary N) is 1. The average molecular weight is 434 g/mol. The first-order chi connectivity index (χ1) is 15.4. The van der Waals surface area contributed by atoms with Gasteiger partial charge in [-0.1, -0.05) is 18.2 Å². The Labute approximate surface area is 185 Å². The SMILES string of the molecule is CCOC(=O)C1=C(C)OC(N)=C(C#N)C1c1ccc(OCC(=O)Nc2ccccn2)cc1. The van der Waals surface area contributed by atoms with Crippen molar-refractivity contribution >= 4 is 17.7 Å². The third-order valence-electron chi connectivity index (χ3n) is 4.62. The van der Waals surface area contributed by atoms with Gasteiger partial charge < -0.3 is 25.3 Å². The number of hydrogen-bond donors (Lipinski definition) is 2. The zero-order chi connectivity index (χ0) is 23.1. The summed E-state index contributed by atoms with van der Waals surface area (Å²) in [4.78, 5) is 28.6. The van der Waals surface area contributed by atoms with Crippen LogP contribution in [0.4, 0.5) is 5.82 Å². The summed E-state index contributed by atoms with van der Waals surface area (Å²) in [5.41, 5.74) is 6.84. The van der Waals surface area contributed by atoms with Gasteiger partial charge in [-0.3, -0.25) is 4.79 Å². The average Bonchev–Trinajstić information content (AvgIpc) is 2.78. The molecule has 0 saturated carbocycles.